The Bertz CT molecular complexity index is 372. The smallest absolute Gasteiger partial charge is 0.125 e. The summed E-state index contributed by atoms with van der Waals surface area (Å²) in [6, 6.07) is 6.57. The molecule has 0 bridgehead atoms. The average Bonchev–Trinajstić information content (AvgIpc) is 2.61. The van der Waals surface area contributed by atoms with Gasteiger partial charge in [0.05, 0.1) is 5.54 Å². The van der Waals surface area contributed by atoms with E-state index in [1.54, 1.807) is 6.07 Å². The summed E-state index contributed by atoms with van der Waals surface area (Å²) in [5.41, 5.74) is 6.60. The monoisotopic (exact) mass is 240 g/mol. The molecule has 1 fully saturated rings. The summed E-state index contributed by atoms with van der Waals surface area (Å²) >= 11 is 1.92. The van der Waals surface area contributed by atoms with Crippen LogP contribution in [0.2, 0.25) is 0 Å². The largest absolute Gasteiger partial charge is 0.377 e. The van der Waals surface area contributed by atoms with Gasteiger partial charge in [-0.3, -0.25) is 0 Å². The molecule has 0 saturated carbocycles. The van der Waals surface area contributed by atoms with E-state index in [1.165, 1.54) is 12.1 Å². The van der Waals surface area contributed by atoms with Crippen LogP contribution in [0, 0.1) is 5.82 Å². The maximum absolute atomic E-state index is 13.1. The topological polar surface area (TPSA) is 38.0 Å². The normalized spacial score (nSPS) is 29.3. The van der Waals surface area contributed by atoms with Crippen molar-refractivity contribution in [2.45, 2.75) is 24.1 Å². The minimum Gasteiger partial charge on any atom is -0.377 e. The van der Waals surface area contributed by atoms with E-state index >= 15 is 0 Å². The van der Waals surface area contributed by atoms with E-state index in [-0.39, 0.29) is 11.4 Å². The zero-order valence-corrected chi connectivity index (χ0v) is 10.2. The molecule has 0 radical (unpaired) electrons. The number of benzene rings is 1. The van der Waals surface area contributed by atoms with E-state index in [0.717, 1.165) is 17.9 Å². The van der Waals surface area contributed by atoms with Crippen molar-refractivity contribution in [1.29, 1.82) is 0 Å². The summed E-state index contributed by atoms with van der Waals surface area (Å²) < 4.78 is 13.1. The fourth-order valence-electron chi connectivity index (χ4n) is 2.12. The first-order valence-corrected chi connectivity index (χ1v) is 6.54. The standard InChI is InChI=1S/C12H17FN2S/c1-9-6-12(7-14,8-16-9)15-11-4-2-3-10(13)5-11/h2-5,9,15H,6-8,14H2,1H3. The molecule has 0 spiro atoms. The summed E-state index contributed by atoms with van der Waals surface area (Å²) in [5.74, 6) is 0.775. The Kier molecular flexibility index (Phi) is 3.40. The lowest BCUT2D eigenvalue weighted by molar-refractivity contribution is 0.513. The van der Waals surface area contributed by atoms with Crippen molar-refractivity contribution in [3.8, 4) is 0 Å². The van der Waals surface area contributed by atoms with Gasteiger partial charge in [0.1, 0.15) is 5.82 Å². The Balaban J connectivity index is 2.13. The Morgan fingerprint density at radius 2 is 2.44 bits per heavy atom. The number of rotatable bonds is 3. The molecule has 0 amide bonds. The highest BCUT2D eigenvalue weighted by Gasteiger charge is 2.36. The Hall–Kier alpha value is -0.740. The highest BCUT2D eigenvalue weighted by atomic mass is 32.2. The maximum Gasteiger partial charge on any atom is 0.125 e. The zero-order chi connectivity index (χ0) is 11.6. The van der Waals surface area contributed by atoms with Crippen LogP contribution in [0.4, 0.5) is 10.1 Å². The lowest BCUT2D eigenvalue weighted by atomic mass is 9.96. The number of nitrogens with one attached hydrogen (secondary N) is 1. The van der Waals surface area contributed by atoms with Crippen molar-refractivity contribution in [3.05, 3.63) is 30.1 Å². The summed E-state index contributed by atoms with van der Waals surface area (Å²) in [4.78, 5) is 0. The summed E-state index contributed by atoms with van der Waals surface area (Å²) in [6.45, 7) is 2.79. The number of anilines is 1. The van der Waals surface area contributed by atoms with Crippen LogP contribution in [0.3, 0.4) is 0 Å². The number of nitrogens with two attached hydrogens (primary N) is 1. The van der Waals surface area contributed by atoms with Crippen LogP contribution in [0.1, 0.15) is 13.3 Å². The molecular formula is C12H17FN2S. The second-order valence-electron chi connectivity index (χ2n) is 4.45. The molecule has 2 nitrogen and oxygen atoms in total. The van der Waals surface area contributed by atoms with E-state index in [1.807, 2.05) is 17.8 Å². The minimum atomic E-state index is -0.212. The number of hydrogen-bond acceptors (Lipinski definition) is 3. The molecule has 1 saturated heterocycles. The van der Waals surface area contributed by atoms with Gasteiger partial charge in [-0.05, 0) is 24.6 Å². The summed E-state index contributed by atoms with van der Waals surface area (Å²) in [7, 11) is 0. The third-order valence-electron chi connectivity index (χ3n) is 2.95. The molecule has 88 valence electrons. The second-order valence-corrected chi connectivity index (χ2v) is 5.87. The van der Waals surface area contributed by atoms with Crippen LogP contribution >= 0.6 is 11.8 Å². The van der Waals surface area contributed by atoms with Gasteiger partial charge in [0, 0.05) is 23.2 Å². The zero-order valence-electron chi connectivity index (χ0n) is 9.37. The number of halogens is 1. The van der Waals surface area contributed by atoms with Crippen LogP contribution < -0.4 is 11.1 Å². The van der Waals surface area contributed by atoms with Gasteiger partial charge in [-0.1, -0.05) is 13.0 Å². The molecule has 1 aromatic carbocycles. The van der Waals surface area contributed by atoms with E-state index in [0.29, 0.717) is 11.8 Å². The molecule has 0 aliphatic carbocycles. The van der Waals surface area contributed by atoms with Crippen molar-refractivity contribution in [2.24, 2.45) is 5.73 Å². The Labute approximate surface area is 99.8 Å². The molecule has 2 rings (SSSR count). The van der Waals surface area contributed by atoms with Gasteiger partial charge in [-0.25, -0.2) is 4.39 Å². The first kappa shape index (κ1) is 11.7. The lowest BCUT2D eigenvalue weighted by Crippen LogP contribution is -2.45. The van der Waals surface area contributed by atoms with Gasteiger partial charge in [0.15, 0.2) is 0 Å². The molecular weight excluding hydrogens is 223 g/mol. The number of thioether (sulfide) groups is 1. The van der Waals surface area contributed by atoms with Crippen LogP contribution in [-0.4, -0.2) is 23.1 Å². The molecule has 2 atom stereocenters. The first-order valence-electron chi connectivity index (χ1n) is 5.49. The molecule has 4 heteroatoms. The van der Waals surface area contributed by atoms with E-state index in [2.05, 4.69) is 12.2 Å². The minimum absolute atomic E-state index is 0.0716. The van der Waals surface area contributed by atoms with Crippen molar-refractivity contribution >= 4 is 17.4 Å². The molecule has 1 aliphatic rings. The van der Waals surface area contributed by atoms with Crippen LogP contribution in [-0.2, 0) is 0 Å². The highest BCUT2D eigenvalue weighted by Crippen LogP contribution is 2.36. The van der Waals surface area contributed by atoms with Crippen molar-refractivity contribution < 1.29 is 4.39 Å². The second kappa shape index (κ2) is 4.63. The maximum atomic E-state index is 13.1. The van der Waals surface area contributed by atoms with Crippen LogP contribution in [0.5, 0.6) is 0 Å². The molecule has 1 aromatic rings. The Morgan fingerprint density at radius 1 is 1.62 bits per heavy atom. The van der Waals surface area contributed by atoms with Crippen molar-refractivity contribution in [1.82, 2.24) is 0 Å². The molecule has 1 aliphatic heterocycles. The van der Waals surface area contributed by atoms with E-state index in [9.17, 15) is 4.39 Å². The van der Waals surface area contributed by atoms with Crippen LogP contribution in [0.15, 0.2) is 24.3 Å². The molecule has 0 aromatic heterocycles. The van der Waals surface area contributed by atoms with Gasteiger partial charge in [-0.2, -0.15) is 11.8 Å². The summed E-state index contributed by atoms with van der Waals surface area (Å²) in [5, 5.41) is 4.00. The van der Waals surface area contributed by atoms with Gasteiger partial charge in [0.25, 0.3) is 0 Å². The van der Waals surface area contributed by atoms with E-state index in [4.69, 9.17) is 5.73 Å². The van der Waals surface area contributed by atoms with Crippen LogP contribution in [0.25, 0.3) is 0 Å². The van der Waals surface area contributed by atoms with E-state index < -0.39 is 0 Å². The average molecular weight is 240 g/mol. The molecule has 2 unspecified atom stereocenters. The molecule has 1 heterocycles. The Morgan fingerprint density at radius 3 is 3.00 bits per heavy atom. The fraction of sp³-hybridized carbons (Fsp3) is 0.500. The van der Waals surface area contributed by atoms with Gasteiger partial charge in [0.2, 0.25) is 0 Å². The third-order valence-corrected chi connectivity index (χ3v) is 4.40. The van der Waals surface area contributed by atoms with Crippen molar-refractivity contribution in [2.75, 3.05) is 17.6 Å². The first-order chi connectivity index (χ1) is 7.63. The fourth-order valence-corrected chi connectivity index (χ4v) is 3.47. The number of hydrogen-bond donors (Lipinski definition) is 2. The predicted molar refractivity (Wildman–Crippen MR) is 68.3 cm³/mol. The van der Waals surface area contributed by atoms with Gasteiger partial charge < -0.3 is 11.1 Å². The quantitative estimate of drug-likeness (QED) is 0.852. The van der Waals surface area contributed by atoms with Gasteiger partial charge >= 0.3 is 0 Å². The molecule has 3 N–H and O–H groups in total. The predicted octanol–water partition coefficient (Wildman–Crippen LogP) is 2.46. The summed E-state index contributed by atoms with van der Waals surface area (Å²) in [6.07, 6.45) is 1.03. The lowest BCUT2D eigenvalue weighted by Gasteiger charge is -2.29. The SMILES string of the molecule is CC1CC(CN)(Nc2cccc(F)c2)CS1. The third kappa shape index (κ3) is 2.50. The molecule has 16 heavy (non-hydrogen) atoms. The van der Waals surface area contributed by atoms with Gasteiger partial charge in [-0.15, -0.1) is 0 Å². The highest BCUT2D eigenvalue weighted by molar-refractivity contribution is 8.00. The van der Waals surface area contributed by atoms with Crippen molar-refractivity contribution in [3.63, 3.8) is 0 Å².